The summed E-state index contributed by atoms with van der Waals surface area (Å²) in [6, 6.07) is 2.16. The second-order valence-electron chi connectivity index (χ2n) is 2.50. The fourth-order valence-electron chi connectivity index (χ4n) is 0.664. The van der Waals surface area contributed by atoms with E-state index >= 15 is 0 Å². The molecule has 1 aromatic rings. The zero-order valence-electron chi connectivity index (χ0n) is 6.50. The molecular weight excluding hydrogens is 206 g/mol. The van der Waals surface area contributed by atoms with Crippen LogP contribution in [0, 0.1) is 0 Å². The molecule has 0 aliphatic heterocycles. The van der Waals surface area contributed by atoms with Crippen LogP contribution in [0.25, 0.3) is 0 Å². The highest BCUT2D eigenvalue weighted by molar-refractivity contribution is 9.10. The van der Waals surface area contributed by atoms with Gasteiger partial charge >= 0.3 is 0 Å². The minimum atomic E-state index is 0.365. The largest absolute Gasteiger partial charge is 0.352 e. The molecule has 0 amide bonds. The van der Waals surface area contributed by atoms with E-state index in [1.165, 1.54) is 0 Å². The molecular formula is C7H10BrN3. The molecule has 0 saturated carbocycles. The van der Waals surface area contributed by atoms with Crippen LogP contribution in [0.1, 0.15) is 13.8 Å². The Hall–Kier alpha value is -0.640. The molecule has 11 heavy (non-hydrogen) atoms. The minimum absolute atomic E-state index is 0.365. The first kappa shape index (κ1) is 8.46. The van der Waals surface area contributed by atoms with Gasteiger partial charge in [0, 0.05) is 12.2 Å². The van der Waals surface area contributed by atoms with Gasteiger partial charge in [-0.1, -0.05) is 0 Å². The maximum Gasteiger partial charge on any atom is 0.223 e. The number of anilines is 1. The highest BCUT2D eigenvalue weighted by Crippen LogP contribution is 2.07. The summed E-state index contributed by atoms with van der Waals surface area (Å²) in [6.07, 6.45) is 1.71. The molecule has 0 aliphatic carbocycles. The zero-order valence-corrected chi connectivity index (χ0v) is 8.09. The minimum Gasteiger partial charge on any atom is -0.352 e. The van der Waals surface area contributed by atoms with Crippen molar-refractivity contribution >= 4 is 21.9 Å². The number of halogens is 1. The molecule has 1 heterocycles. The summed E-state index contributed by atoms with van der Waals surface area (Å²) in [7, 11) is 0. The third kappa shape index (κ3) is 2.84. The van der Waals surface area contributed by atoms with Crippen LogP contribution in [0.2, 0.25) is 0 Å². The van der Waals surface area contributed by atoms with Crippen LogP contribution < -0.4 is 5.32 Å². The van der Waals surface area contributed by atoms with Gasteiger partial charge < -0.3 is 5.32 Å². The Bertz CT molecular complexity index is 237. The molecule has 0 atom stereocenters. The topological polar surface area (TPSA) is 37.8 Å². The van der Waals surface area contributed by atoms with E-state index in [1.54, 1.807) is 12.3 Å². The van der Waals surface area contributed by atoms with Crippen molar-refractivity contribution in [2.24, 2.45) is 0 Å². The second kappa shape index (κ2) is 3.67. The number of nitrogens with one attached hydrogen (secondary N) is 1. The smallest absolute Gasteiger partial charge is 0.223 e. The van der Waals surface area contributed by atoms with Crippen molar-refractivity contribution in [3.8, 4) is 0 Å². The van der Waals surface area contributed by atoms with E-state index in [-0.39, 0.29) is 0 Å². The zero-order chi connectivity index (χ0) is 8.27. The second-order valence-corrected chi connectivity index (χ2v) is 3.31. The van der Waals surface area contributed by atoms with E-state index in [2.05, 4.69) is 31.2 Å². The van der Waals surface area contributed by atoms with Crippen LogP contribution in [0.5, 0.6) is 0 Å². The first-order valence-electron chi connectivity index (χ1n) is 3.43. The Morgan fingerprint density at radius 1 is 1.55 bits per heavy atom. The molecule has 60 valence electrons. The molecule has 1 aromatic heterocycles. The average molecular weight is 216 g/mol. The van der Waals surface area contributed by atoms with E-state index in [4.69, 9.17) is 0 Å². The van der Waals surface area contributed by atoms with Crippen LogP contribution in [-0.4, -0.2) is 16.0 Å². The maximum absolute atomic E-state index is 4.11. The number of nitrogens with zero attached hydrogens (tertiary/aromatic N) is 2. The van der Waals surface area contributed by atoms with Crippen molar-refractivity contribution in [1.82, 2.24) is 9.97 Å². The van der Waals surface area contributed by atoms with E-state index in [1.807, 2.05) is 13.8 Å². The molecule has 0 fully saturated rings. The summed E-state index contributed by atoms with van der Waals surface area (Å²) in [4.78, 5) is 8.14. The standard InChI is InChI=1S/C7H10BrN3/c1-5(2)10-7-9-4-3-6(8)11-7/h3-5H,1-2H3,(H,9,10,11). The van der Waals surface area contributed by atoms with Crippen LogP contribution >= 0.6 is 15.9 Å². The predicted molar refractivity (Wildman–Crippen MR) is 48.5 cm³/mol. The molecule has 0 spiro atoms. The summed E-state index contributed by atoms with van der Waals surface area (Å²) >= 11 is 3.26. The van der Waals surface area contributed by atoms with Crippen LogP contribution in [0.15, 0.2) is 16.9 Å². The number of hydrogen-bond donors (Lipinski definition) is 1. The fourth-order valence-corrected chi connectivity index (χ4v) is 0.951. The van der Waals surface area contributed by atoms with Gasteiger partial charge in [0.05, 0.1) is 0 Å². The van der Waals surface area contributed by atoms with Gasteiger partial charge in [0.2, 0.25) is 5.95 Å². The molecule has 0 bridgehead atoms. The fraction of sp³-hybridized carbons (Fsp3) is 0.429. The monoisotopic (exact) mass is 215 g/mol. The lowest BCUT2D eigenvalue weighted by molar-refractivity contribution is 0.872. The highest BCUT2D eigenvalue weighted by Gasteiger charge is 1.97. The molecule has 3 nitrogen and oxygen atoms in total. The Balaban J connectivity index is 2.71. The lowest BCUT2D eigenvalue weighted by Gasteiger charge is -2.06. The number of aromatic nitrogens is 2. The summed E-state index contributed by atoms with van der Waals surface area (Å²) in [6.45, 7) is 4.09. The Labute approximate surface area is 74.4 Å². The van der Waals surface area contributed by atoms with Crippen LogP contribution in [0.4, 0.5) is 5.95 Å². The summed E-state index contributed by atoms with van der Waals surface area (Å²) in [5.41, 5.74) is 0. The quantitative estimate of drug-likeness (QED) is 0.769. The van der Waals surface area contributed by atoms with Crippen molar-refractivity contribution in [1.29, 1.82) is 0 Å². The van der Waals surface area contributed by atoms with Gasteiger partial charge in [0.15, 0.2) is 0 Å². The molecule has 1 rings (SSSR count). The number of hydrogen-bond acceptors (Lipinski definition) is 3. The third-order valence-corrected chi connectivity index (χ3v) is 1.48. The Morgan fingerprint density at radius 2 is 2.27 bits per heavy atom. The molecule has 0 unspecified atom stereocenters. The summed E-state index contributed by atoms with van der Waals surface area (Å²) in [5.74, 6) is 0.661. The number of rotatable bonds is 2. The van der Waals surface area contributed by atoms with E-state index in [0.29, 0.717) is 12.0 Å². The maximum atomic E-state index is 4.11. The third-order valence-electron chi connectivity index (χ3n) is 1.04. The summed E-state index contributed by atoms with van der Waals surface area (Å²) < 4.78 is 0.802. The van der Waals surface area contributed by atoms with Gasteiger partial charge in [-0.3, -0.25) is 0 Å². The normalized spacial score (nSPS) is 10.2. The first-order valence-corrected chi connectivity index (χ1v) is 4.23. The van der Waals surface area contributed by atoms with Crippen LogP contribution in [0.3, 0.4) is 0 Å². The van der Waals surface area contributed by atoms with Gasteiger partial charge in [0.1, 0.15) is 4.60 Å². The van der Waals surface area contributed by atoms with E-state index in [9.17, 15) is 0 Å². The molecule has 4 heteroatoms. The Morgan fingerprint density at radius 3 is 2.82 bits per heavy atom. The lowest BCUT2D eigenvalue weighted by Crippen LogP contribution is -2.12. The SMILES string of the molecule is CC(C)Nc1nccc(Br)n1. The van der Waals surface area contributed by atoms with Crippen molar-refractivity contribution in [3.05, 3.63) is 16.9 Å². The molecule has 1 N–H and O–H groups in total. The van der Waals surface area contributed by atoms with E-state index in [0.717, 1.165) is 4.60 Å². The van der Waals surface area contributed by atoms with Gasteiger partial charge in [-0.2, -0.15) is 0 Å². The molecule has 0 radical (unpaired) electrons. The van der Waals surface area contributed by atoms with E-state index < -0.39 is 0 Å². The van der Waals surface area contributed by atoms with Gasteiger partial charge in [-0.05, 0) is 35.8 Å². The van der Waals surface area contributed by atoms with Crippen molar-refractivity contribution in [3.63, 3.8) is 0 Å². The van der Waals surface area contributed by atoms with Crippen molar-refractivity contribution in [2.45, 2.75) is 19.9 Å². The van der Waals surface area contributed by atoms with Crippen molar-refractivity contribution in [2.75, 3.05) is 5.32 Å². The van der Waals surface area contributed by atoms with Crippen molar-refractivity contribution < 1.29 is 0 Å². The lowest BCUT2D eigenvalue weighted by atomic mass is 10.4. The predicted octanol–water partition coefficient (Wildman–Crippen LogP) is 2.06. The molecule has 0 aromatic carbocycles. The average Bonchev–Trinajstić information content (AvgIpc) is 1.85. The molecule has 0 saturated heterocycles. The van der Waals surface area contributed by atoms with Gasteiger partial charge in [0.25, 0.3) is 0 Å². The summed E-state index contributed by atoms with van der Waals surface area (Å²) in [5, 5.41) is 3.09. The van der Waals surface area contributed by atoms with Gasteiger partial charge in [-0.15, -0.1) is 0 Å². The molecule has 0 aliphatic rings. The Kier molecular flexibility index (Phi) is 2.82. The van der Waals surface area contributed by atoms with Gasteiger partial charge in [-0.25, -0.2) is 9.97 Å². The highest BCUT2D eigenvalue weighted by atomic mass is 79.9. The van der Waals surface area contributed by atoms with Crippen LogP contribution in [-0.2, 0) is 0 Å². The first-order chi connectivity index (χ1) is 5.18.